The molecule has 0 aliphatic carbocycles. The topological polar surface area (TPSA) is 86.9 Å². The van der Waals surface area contributed by atoms with E-state index in [1.165, 1.54) is 11.3 Å². The second kappa shape index (κ2) is 6.58. The minimum atomic E-state index is -0.265. The van der Waals surface area contributed by atoms with Gasteiger partial charge in [0, 0.05) is 19.2 Å². The Hall–Kier alpha value is -2.42. The van der Waals surface area contributed by atoms with E-state index in [4.69, 9.17) is 16.3 Å². The largest absolute Gasteiger partial charge is 0.372 e. The first-order valence-electron chi connectivity index (χ1n) is 9.05. The van der Waals surface area contributed by atoms with Gasteiger partial charge in [-0.3, -0.25) is 4.79 Å². The van der Waals surface area contributed by atoms with E-state index in [9.17, 15) is 4.79 Å². The van der Waals surface area contributed by atoms with Gasteiger partial charge >= 0.3 is 0 Å². The van der Waals surface area contributed by atoms with E-state index in [1.807, 2.05) is 17.5 Å². The van der Waals surface area contributed by atoms with Crippen LogP contribution in [0, 0.1) is 0 Å². The Morgan fingerprint density at radius 3 is 2.82 bits per heavy atom. The van der Waals surface area contributed by atoms with Gasteiger partial charge in [0.1, 0.15) is 17.2 Å². The van der Waals surface area contributed by atoms with Crippen molar-refractivity contribution >= 4 is 50.0 Å². The number of nitrogens with one attached hydrogen (secondary N) is 2. The molecule has 1 fully saturated rings. The number of rotatable bonds is 2. The molecule has 0 saturated carbocycles. The Labute approximate surface area is 169 Å². The lowest BCUT2D eigenvalue weighted by Gasteiger charge is -2.36. The quantitative estimate of drug-likeness (QED) is 0.520. The minimum Gasteiger partial charge on any atom is -0.372 e. The Bertz CT molecular complexity index is 1240. The fourth-order valence-corrected chi connectivity index (χ4v) is 4.94. The molecule has 0 spiro atoms. The molecule has 0 unspecified atom stereocenters. The van der Waals surface area contributed by atoms with Gasteiger partial charge in [0.25, 0.3) is 5.56 Å². The van der Waals surface area contributed by atoms with Gasteiger partial charge in [-0.15, -0.1) is 11.3 Å². The first kappa shape index (κ1) is 17.7. The fraction of sp³-hybridized carbons (Fsp3) is 0.316. The van der Waals surface area contributed by atoms with E-state index in [2.05, 4.69) is 38.7 Å². The number of morpholine rings is 1. The monoisotopic (exact) mass is 415 g/mol. The maximum absolute atomic E-state index is 12.6. The van der Waals surface area contributed by atoms with Crippen LogP contribution in [-0.4, -0.2) is 45.2 Å². The molecule has 1 aliphatic heterocycles. The highest BCUT2D eigenvalue weighted by molar-refractivity contribution is 7.17. The van der Waals surface area contributed by atoms with Gasteiger partial charge in [0.2, 0.25) is 0 Å². The van der Waals surface area contributed by atoms with Gasteiger partial charge < -0.3 is 19.6 Å². The van der Waals surface area contributed by atoms with Crippen LogP contribution < -0.4 is 10.5 Å². The molecule has 0 bridgehead atoms. The predicted octanol–water partition coefficient (Wildman–Crippen LogP) is 3.79. The lowest BCUT2D eigenvalue weighted by atomic mass is 10.2. The van der Waals surface area contributed by atoms with Gasteiger partial charge in [-0.2, -0.15) is 0 Å². The fourth-order valence-electron chi connectivity index (χ4n) is 3.74. The molecule has 2 atom stereocenters. The molecule has 1 aliphatic rings. The lowest BCUT2D eigenvalue weighted by molar-refractivity contribution is -0.00545. The maximum atomic E-state index is 12.6. The first-order valence-corrected chi connectivity index (χ1v) is 10.3. The molecule has 2 N–H and O–H groups in total. The summed E-state index contributed by atoms with van der Waals surface area (Å²) in [6.45, 7) is 5.67. The van der Waals surface area contributed by atoms with Crippen LogP contribution in [-0.2, 0) is 4.74 Å². The highest BCUT2D eigenvalue weighted by Gasteiger charge is 2.24. The predicted molar refractivity (Wildman–Crippen MR) is 113 cm³/mol. The van der Waals surface area contributed by atoms with Crippen LogP contribution in [0.4, 0.5) is 5.82 Å². The van der Waals surface area contributed by atoms with E-state index in [0.717, 1.165) is 40.2 Å². The molecule has 4 aromatic heterocycles. The SMILES string of the molecule is C[C@@H]1CN(c2cc3nc(-c4c(Cl)c5sccc5[nH]c4=O)[nH]c3cn2)C[C@H](C)O1. The van der Waals surface area contributed by atoms with Crippen LogP contribution in [0.25, 0.3) is 32.6 Å². The number of fused-ring (bicyclic) bond motifs is 2. The van der Waals surface area contributed by atoms with Crippen molar-refractivity contribution in [2.75, 3.05) is 18.0 Å². The van der Waals surface area contributed by atoms with Crippen LogP contribution in [0.5, 0.6) is 0 Å². The van der Waals surface area contributed by atoms with Crippen molar-refractivity contribution < 1.29 is 4.74 Å². The zero-order chi connectivity index (χ0) is 19.4. The van der Waals surface area contributed by atoms with Crippen molar-refractivity contribution in [2.45, 2.75) is 26.1 Å². The van der Waals surface area contributed by atoms with Crippen LogP contribution in [0.1, 0.15) is 13.8 Å². The van der Waals surface area contributed by atoms with Gasteiger partial charge in [-0.1, -0.05) is 11.6 Å². The normalized spacial score (nSPS) is 20.3. The standard InChI is InChI=1S/C19H18ClN5O2S/c1-9-7-25(8-10(2)27-9)14-5-12-13(6-21-14)23-18(22-12)15-16(20)17-11(3-4-28-17)24-19(15)26/h3-6,9-10H,7-8H2,1-2H3,(H,22,23)(H,24,26)/t9-,10+. The second-order valence-electron chi connectivity index (χ2n) is 7.11. The summed E-state index contributed by atoms with van der Waals surface area (Å²) in [5.41, 5.74) is 2.32. The summed E-state index contributed by atoms with van der Waals surface area (Å²) >= 11 is 8.01. The summed E-state index contributed by atoms with van der Waals surface area (Å²) in [6.07, 6.45) is 2.04. The molecule has 7 nitrogen and oxygen atoms in total. The number of ether oxygens (including phenoxy) is 1. The summed E-state index contributed by atoms with van der Waals surface area (Å²) in [4.78, 5) is 30.0. The van der Waals surface area contributed by atoms with Crippen LogP contribution >= 0.6 is 22.9 Å². The van der Waals surface area contributed by atoms with E-state index in [0.29, 0.717) is 16.4 Å². The molecular weight excluding hydrogens is 398 g/mol. The van der Waals surface area contributed by atoms with E-state index in [1.54, 1.807) is 6.20 Å². The highest BCUT2D eigenvalue weighted by atomic mass is 35.5. The number of nitrogens with zero attached hydrogens (tertiary/aromatic N) is 3. The third-order valence-corrected chi connectivity index (χ3v) is 6.31. The molecule has 28 heavy (non-hydrogen) atoms. The number of thiophene rings is 1. The lowest BCUT2D eigenvalue weighted by Crippen LogP contribution is -2.45. The summed E-state index contributed by atoms with van der Waals surface area (Å²) in [6, 6.07) is 3.78. The number of pyridine rings is 2. The number of hydrogen-bond donors (Lipinski definition) is 2. The smallest absolute Gasteiger partial charge is 0.261 e. The summed E-state index contributed by atoms with van der Waals surface area (Å²) in [7, 11) is 0. The van der Waals surface area contributed by atoms with Crippen LogP contribution in [0.2, 0.25) is 5.02 Å². The summed E-state index contributed by atoms with van der Waals surface area (Å²) in [5, 5.41) is 2.31. The van der Waals surface area contributed by atoms with Gasteiger partial charge in [0.05, 0.1) is 44.7 Å². The molecule has 1 saturated heterocycles. The average molecular weight is 416 g/mol. The molecule has 0 aromatic carbocycles. The van der Waals surface area contributed by atoms with Gasteiger partial charge in [-0.05, 0) is 25.3 Å². The Balaban J connectivity index is 1.59. The Morgan fingerprint density at radius 2 is 2.04 bits per heavy atom. The number of halogens is 1. The van der Waals surface area contributed by atoms with Gasteiger partial charge in [0.15, 0.2) is 0 Å². The second-order valence-corrected chi connectivity index (χ2v) is 8.41. The van der Waals surface area contributed by atoms with Gasteiger partial charge in [-0.25, -0.2) is 9.97 Å². The number of imidazole rings is 1. The molecule has 9 heteroatoms. The Morgan fingerprint density at radius 1 is 1.25 bits per heavy atom. The van der Waals surface area contributed by atoms with Crippen molar-refractivity contribution in [1.82, 2.24) is 19.9 Å². The minimum absolute atomic E-state index is 0.144. The number of H-pyrrole nitrogens is 2. The maximum Gasteiger partial charge on any atom is 0.261 e. The number of hydrogen-bond acceptors (Lipinski definition) is 6. The number of anilines is 1. The van der Waals surface area contributed by atoms with Crippen molar-refractivity contribution in [3.05, 3.63) is 39.1 Å². The molecule has 0 radical (unpaired) electrons. The van der Waals surface area contributed by atoms with Crippen molar-refractivity contribution in [2.24, 2.45) is 0 Å². The molecule has 0 amide bonds. The van der Waals surface area contributed by atoms with Crippen molar-refractivity contribution in [1.29, 1.82) is 0 Å². The average Bonchev–Trinajstić information content (AvgIpc) is 3.26. The van der Waals surface area contributed by atoms with Crippen LogP contribution in [0.15, 0.2) is 28.5 Å². The zero-order valence-corrected chi connectivity index (χ0v) is 16.9. The molecule has 5 rings (SSSR count). The summed E-state index contributed by atoms with van der Waals surface area (Å²) in [5.74, 6) is 1.29. The van der Waals surface area contributed by atoms with Crippen LogP contribution in [0.3, 0.4) is 0 Å². The molecule has 144 valence electrons. The molecule has 4 aromatic rings. The van der Waals surface area contributed by atoms with Crippen molar-refractivity contribution in [3.8, 4) is 11.4 Å². The highest BCUT2D eigenvalue weighted by Crippen LogP contribution is 2.33. The zero-order valence-electron chi connectivity index (χ0n) is 15.3. The van der Waals surface area contributed by atoms with E-state index >= 15 is 0 Å². The van der Waals surface area contributed by atoms with E-state index < -0.39 is 0 Å². The van der Waals surface area contributed by atoms with E-state index in [-0.39, 0.29) is 17.8 Å². The first-order chi connectivity index (χ1) is 13.5. The third-order valence-electron chi connectivity index (χ3n) is 4.89. The molecule has 5 heterocycles. The summed E-state index contributed by atoms with van der Waals surface area (Å²) < 4.78 is 6.64. The number of aromatic nitrogens is 4. The van der Waals surface area contributed by atoms with Crippen molar-refractivity contribution in [3.63, 3.8) is 0 Å². The Kier molecular flexibility index (Phi) is 4.15. The number of aromatic amines is 2. The third kappa shape index (κ3) is 2.88. The molecular formula is C19H18ClN5O2S.